The molecule has 5 heteroatoms. The minimum atomic E-state index is -0.0831. The van der Waals surface area contributed by atoms with Gasteiger partial charge in [-0.25, -0.2) is 0 Å². The smallest absolute Gasteiger partial charge is 0.266 e. The molecule has 3 nitrogen and oxygen atoms in total. The summed E-state index contributed by atoms with van der Waals surface area (Å²) in [6.07, 6.45) is 3.56. The van der Waals surface area contributed by atoms with E-state index in [9.17, 15) is 4.79 Å². The van der Waals surface area contributed by atoms with Gasteiger partial charge in [0.05, 0.1) is 11.5 Å². The Bertz CT molecular complexity index is 858. The number of carbonyl (C=O) groups is 1. The summed E-state index contributed by atoms with van der Waals surface area (Å²) in [4.78, 5) is 14.7. The highest BCUT2D eigenvalue weighted by atomic mass is 32.2. The molecule has 3 rings (SSSR count). The van der Waals surface area contributed by atoms with Crippen molar-refractivity contribution < 1.29 is 9.53 Å². The van der Waals surface area contributed by atoms with Crippen LogP contribution in [0.4, 0.5) is 0 Å². The zero-order valence-electron chi connectivity index (χ0n) is 13.3. The third-order valence-corrected chi connectivity index (χ3v) is 5.07. The number of benzene rings is 2. The number of carbonyl (C=O) groups excluding carboxylic acids is 1. The molecule has 1 fully saturated rings. The fraction of sp³-hybridized carbons (Fsp3) is 0.158. The zero-order valence-corrected chi connectivity index (χ0v) is 15.0. The van der Waals surface area contributed by atoms with Gasteiger partial charge in [0.15, 0.2) is 0 Å². The molecule has 0 unspecified atom stereocenters. The quantitative estimate of drug-likeness (QED) is 0.444. The van der Waals surface area contributed by atoms with Crippen LogP contribution in [0.3, 0.4) is 0 Å². The van der Waals surface area contributed by atoms with Gasteiger partial charge in [-0.05, 0) is 29.8 Å². The normalized spacial score (nSPS) is 16.2. The molecule has 0 N–H and O–H groups in total. The first kappa shape index (κ1) is 16.7. The van der Waals surface area contributed by atoms with E-state index < -0.39 is 0 Å². The lowest BCUT2D eigenvalue weighted by Crippen LogP contribution is -2.27. The van der Waals surface area contributed by atoms with E-state index >= 15 is 0 Å². The fourth-order valence-corrected chi connectivity index (χ4v) is 3.88. The van der Waals surface area contributed by atoms with E-state index in [1.807, 2.05) is 49.4 Å². The molecule has 122 valence electrons. The fourth-order valence-electron chi connectivity index (χ4n) is 2.62. The average Bonchev–Trinajstić information content (AvgIpc) is 2.85. The predicted molar refractivity (Wildman–Crippen MR) is 105 cm³/mol. The molecule has 1 aliphatic rings. The predicted octanol–water partition coefficient (Wildman–Crippen LogP) is 4.63. The van der Waals surface area contributed by atoms with Crippen LogP contribution in [0.2, 0.25) is 0 Å². The Balaban J connectivity index is 2.11. The van der Waals surface area contributed by atoms with Crippen LogP contribution in [-0.4, -0.2) is 28.3 Å². The molecule has 1 aliphatic heterocycles. The molecule has 2 aromatic rings. The Morgan fingerprint density at radius 1 is 1.29 bits per heavy atom. The van der Waals surface area contributed by atoms with Crippen LogP contribution in [0.5, 0.6) is 5.75 Å². The number of ether oxygens (including phenoxy) is 1. The zero-order chi connectivity index (χ0) is 17.1. The van der Waals surface area contributed by atoms with Crippen LogP contribution >= 0.6 is 24.0 Å². The van der Waals surface area contributed by atoms with Crippen LogP contribution < -0.4 is 4.74 Å². The van der Waals surface area contributed by atoms with Crippen molar-refractivity contribution in [2.45, 2.75) is 6.92 Å². The van der Waals surface area contributed by atoms with Crippen molar-refractivity contribution in [2.75, 3.05) is 13.2 Å². The summed E-state index contributed by atoms with van der Waals surface area (Å²) < 4.78 is 6.32. The van der Waals surface area contributed by atoms with Gasteiger partial charge in [-0.1, -0.05) is 60.4 Å². The maximum Gasteiger partial charge on any atom is 0.266 e. The molecule has 1 amide bonds. The number of nitrogens with zero attached hydrogens (tertiary/aromatic N) is 1. The van der Waals surface area contributed by atoms with Gasteiger partial charge >= 0.3 is 0 Å². The summed E-state index contributed by atoms with van der Waals surface area (Å²) in [5, 5.41) is 2.16. The Kier molecular flexibility index (Phi) is 5.02. The van der Waals surface area contributed by atoms with Crippen LogP contribution in [-0.2, 0) is 4.79 Å². The van der Waals surface area contributed by atoms with Crippen molar-refractivity contribution in [3.63, 3.8) is 0 Å². The molecule has 0 spiro atoms. The molecule has 0 aromatic heterocycles. The second kappa shape index (κ2) is 7.20. The summed E-state index contributed by atoms with van der Waals surface area (Å²) in [6, 6.07) is 12.0. The lowest BCUT2D eigenvalue weighted by atomic mass is 10.0. The maximum atomic E-state index is 12.6. The molecule has 1 heterocycles. The van der Waals surface area contributed by atoms with Crippen molar-refractivity contribution in [1.82, 2.24) is 4.90 Å². The second-order valence-corrected chi connectivity index (χ2v) is 6.89. The number of fused-ring (bicyclic) bond motifs is 1. The second-order valence-electron chi connectivity index (χ2n) is 5.21. The molecule has 24 heavy (non-hydrogen) atoms. The van der Waals surface area contributed by atoms with Crippen LogP contribution in [0.15, 0.2) is 54.0 Å². The van der Waals surface area contributed by atoms with Gasteiger partial charge in [-0.15, -0.1) is 6.58 Å². The first-order valence-corrected chi connectivity index (χ1v) is 8.89. The molecule has 0 bridgehead atoms. The topological polar surface area (TPSA) is 29.5 Å². The Morgan fingerprint density at radius 3 is 2.83 bits per heavy atom. The van der Waals surface area contributed by atoms with Crippen molar-refractivity contribution >= 4 is 51.1 Å². The molecule has 0 atom stereocenters. The van der Waals surface area contributed by atoms with Crippen molar-refractivity contribution in [1.29, 1.82) is 0 Å². The summed E-state index contributed by atoms with van der Waals surface area (Å²) in [5.74, 6) is 0.686. The van der Waals surface area contributed by atoms with E-state index in [1.54, 1.807) is 11.0 Å². The van der Waals surface area contributed by atoms with Crippen LogP contribution in [0.1, 0.15) is 12.5 Å². The van der Waals surface area contributed by atoms with E-state index in [0.717, 1.165) is 22.1 Å². The highest BCUT2D eigenvalue weighted by Gasteiger charge is 2.31. The maximum absolute atomic E-state index is 12.6. The monoisotopic (exact) mass is 355 g/mol. The number of amides is 1. The van der Waals surface area contributed by atoms with Gasteiger partial charge in [-0.3, -0.25) is 9.69 Å². The van der Waals surface area contributed by atoms with E-state index in [1.165, 1.54) is 11.8 Å². The van der Waals surface area contributed by atoms with Gasteiger partial charge in [0.25, 0.3) is 5.91 Å². The molecule has 1 saturated heterocycles. The first-order chi connectivity index (χ1) is 11.7. The number of rotatable bonds is 5. The summed E-state index contributed by atoms with van der Waals surface area (Å²) in [5.41, 5.74) is 0.911. The van der Waals surface area contributed by atoms with E-state index in [2.05, 4.69) is 6.58 Å². The average molecular weight is 355 g/mol. The van der Waals surface area contributed by atoms with Gasteiger partial charge in [0.1, 0.15) is 10.1 Å². The van der Waals surface area contributed by atoms with Crippen molar-refractivity contribution in [3.8, 4) is 5.75 Å². The summed E-state index contributed by atoms with van der Waals surface area (Å²) in [6.45, 7) is 6.62. The van der Waals surface area contributed by atoms with Gasteiger partial charge < -0.3 is 4.74 Å². The van der Waals surface area contributed by atoms with Gasteiger partial charge in [0.2, 0.25) is 0 Å². The summed E-state index contributed by atoms with van der Waals surface area (Å²) in [7, 11) is 0. The third kappa shape index (κ3) is 3.09. The highest BCUT2D eigenvalue weighted by molar-refractivity contribution is 8.26. The molecule has 0 aliphatic carbocycles. The minimum Gasteiger partial charge on any atom is -0.493 e. The van der Waals surface area contributed by atoms with Crippen LogP contribution in [0.25, 0.3) is 16.8 Å². The molecule has 2 aromatic carbocycles. The third-order valence-electron chi connectivity index (χ3n) is 3.69. The van der Waals surface area contributed by atoms with E-state index in [4.69, 9.17) is 17.0 Å². The Labute approximate surface area is 151 Å². The Morgan fingerprint density at radius 2 is 2.08 bits per heavy atom. The Hall–Kier alpha value is -2.11. The van der Waals surface area contributed by atoms with E-state index in [0.29, 0.717) is 22.4 Å². The summed E-state index contributed by atoms with van der Waals surface area (Å²) >= 11 is 6.62. The SMILES string of the molecule is C=CCN1C(=O)/C(=C\c2c(OCC)ccc3ccccc23)SC1=S. The van der Waals surface area contributed by atoms with Crippen molar-refractivity contribution in [2.24, 2.45) is 0 Å². The molecular formula is C19H17NO2S2. The molecule has 0 saturated carbocycles. The minimum absolute atomic E-state index is 0.0831. The lowest BCUT2D eigenvalue weighted by molar-refractivity contribution is -0.121. The number of thioether (sulfide) groups is 1. The van der Waals surface area contributed by atoms with Gasteiger partial charge in [-0.2, -0.15) is 0 Å². The van der Waals surface area contributed by atoms with Crippen LogP contribution in [0, 0.1) is 0 Å². The van der Waals surface area contributed by atoms with E-state index in [-0.39, 0.29) is 5.91 Å². The standard InChI is InChI=1S/C19H17NO2S2/c1-3-11-20-18(21)17(24-19(20)23)12-15-14-8-6-5-7-13(14)9-10-16(15)22-4-2/h3,5-10,12H,1,4,11H2,2H3/b17-12+. The molecule has 0 radical (unpaired) electrons. The van der Waals surface area contributed by atoms with Gasteiger partial charge in [0, 0.05) is 12.1 Å². The number of thiocarbonyl (C=S) groups is 1. The number of hydrogen-bond donors (Lipinski definition) is 0. The highest BCUT2D eigenvalue weighted by Crippen LogP contribution is 2.36. The lowest BCUT2D eigenvalue weighted by Gasteiger charge is -2.12. The number of hydrogen-bond acceptors (Lipinski definition) is 4. The largest absolute Gasteiger partial charge is 0.493 e. The molecular weight excluding hydrogens is 338 g/mol. The van der Waals surface area contributed by atoms with Crippen molar-refractivity contribution in [3.05, 3.63) is 59.5 Å². The first-order valence-electron chi connectivity index (χ1n) is 7.66.